The third-order valence-corrected chi connectivity index (χ3v) is 6.15. The van der Waals surface area contributed by atoms with Crippen LogP contribution < -0.4 is 10.2 Å². The molecule has 7 nitrogen and oxygen atoms in total. The van der Waals surface area contributed by atoms with Gasteiger partial charge in [-0.25, -0.2) is 10.2 Å². The fraction of sp³-hybridized carbons (Fsp3) is 0. The number of hydrazone groups is 1. The lowest BCUT2D eigenvalue weighted by Gasteiger charge is -2.08. The highest BCUT2D eigenvalue weighted by Gasteiger charge is 2.22. The van der Waals surface area contributed by atoms with Gasteiger partial charge in [0, 0.05) is 27.1 Å². The number of H-pyrrole nitrogens is 1. The van der Waals surface area contributed by atoms with Gasteiger partial charge < -0.3 is 9.72 Å². The second-order valence-electron chi connectivity index (χ2n) is 8.19. The van der Waals surface area contributed by atoms with Crippen LogP contribution in [0.1, 0.15) is 32.0 Å². The SMILES string of the molecule is N#Cc1cccc2c(-c3ccccc3Cl)c(C(=O)NN=Cc3ccccc3OC(=O)c3ccccc3)[nH]c12. The molecule has 0 radical (unpaired) electrons. The standard InChI is InChI=1S/C30H19ClN4O3/c31-24-15-6-5-13-22(24)26-23-14-8-12-20(17-32)27(23)34-28(26)29(36)35-33-18-21-11-4-7-16-25(21)38-30(37)19-9-2-1-3-10-19/h1-16,18,34H,(H,35,36). The lowest BCUT2D eigenvalue weighted by atomic mass is 10.0. The number of esters is 1. The van der Waals surface area contributed by atoms with Crippen molar-refractivity contribution in [2.24, 2.45) is 5.10 Å². The van der Waals surface area contributed by atoms with Crippen LogP contribution in [-0.2, 0) is 0 Å². The number of halogens is 1. The number of hydrogen-bond acceptors (Lipinski definition) is 5. The number of ether oxygens (including phenoxy) is 1. The molecule has 184 valence electrons. The highest BCUT2D eigenvalue weighted by atomic mass is 35.5. The summed E-state index contributed by atoms with van der Waals surface area (Å²) in [6.45, 7) is 0. The second-order valence-corrected chi connectivity index (χ2v) is 8.59. The van der Waals surface area contributed by atoms with Crippen molar-refractivity contribution in [3.8, 4) is 22.9 Å². The predicted octanol–water partition coefficient (Wildman–Crippen LogP) is 6.34. The van der Waals surface area contributed by atoms with Crippen LogP contribution >= 0.6 is 11.6 Å². The van der Waals surface area contributed by atoms with E-state index in [0.29, 0.717) is 49.5 Å². The van der Waals surface area contributed by atoms with E-state index in [1.807, 2.05) is 18.2 Å². The number of para-hydroxylation sites is 2. The van der Waals surface area contributed by atoms with Gasteiger partial charge in [0.05, 0.1) is 22.9 Å². The van der Waals surface area contributed by atoms with Crippen LogP contribution in [0, 0.1) is 11.3 Å². The zero-order chi connectivity index (χ0) is 26.5. The van der Waals surface area contributed by atoms with E-state index in [4.69, 9.17) is 16.3 Å². The minimum atomic E-state index is -0.532. The van der Waals surface area contributed by atoms with E-state index in [1.165, 1.54) is 6.21 Å². The maximum Gasteiger partial charge on any atom is 0.343 e. The van der Waals surface area contributed by atoms with Crippen molar-refractivity contribution in [2.45, 2.75) is 0 Å². The summed E-state index contributed by atoms with van der Waals surface area (Å²) in [6.07, 6.45) is 1.39. The number of amides is 1. The van der Waals surface area contributed by atoms with Gasteiger partial charge in [-0.05, 0) is 36.4 Å². The summed E-state index contributed by atoms with van der Waals surface area (Å²) < 4.78 is 5.53. The van der Waals surface area contributed by atoms with Crippen LogP contribution in [0.3, 0.4) is 0 Å². The molecule has 0 bridgehead atoms. The van der Waals surface area contributed by atoms with Gasteiger partial charge in [-0.2, -0.15) is 10.4 Å². The molecule has 0 aliphatic carbocycles. The molecule has 2 N–H and O–H groups in total. The summed E-state index contributed by atoms with van der Waals surface area (Å²) in [4.78, 5) is 28.9. The van der Waals surface area contributed by atoms with E-state index in [2.05, 4.69) is 21.6 Å². The number of aromatic nitrogens is 1. The highest BCUT2D eigenvalue weighted by molar-refractivity contribution is 6.34. The molecule has 0 saturated heterocycles. The van der Waals surface area contributed by atoms with Crippen molar-refractivity contribution in [1.82, 2.24) is 10.4 Å². The molecule has 0 unspecified atom stereocenters. The normalized spacial score (nSPS) is 10.8. The van der Waals surface area contributed by atoms with Crippen LogP contribution in [0.2, 0.25) is 5.02 Å². The summed E-state index contributed by atoms with van der Waals surface area (Å²) in [5.74, 6) is -0.748. The Balaban J connectivity index is 1.44. The van der Waals surface area contributed by atoms with Crippen LogP contribution in [-0.4, -0.2) is 23.1 Å². The molecule has 8 heteroatoms. The smallest absolute Gasteiger partial charge is 0.343 e. The zero-order valence-electron chi connectivity index (χ0n) is 19.8. The Morgan fingerprint density at radius 2 is 1.66 bits per heavy atom. The molecular formula is C30H19ClN4O3. The van der Waals surface area contributed by atoms with Crippen molar-refractivity contribution in [2.75, 3.05) is 0 Å². The number of benzene rings is 4. The van der Waals surface area contributed by atoms with Gasteiger partial charge in [0.25, 0.3) is 5.91 Å². The molecule has 0 fully saturated rings. The maximum absolute atomic E-state index is 13.3. The molecule has 1 amide bonds. The van der Waals surface area contributed by atoms with Gasteiger partial charge in [0.1, 0.15) is 17.5 Å². The zero-order valence-corrected chi connectivity index (χ0v) is 20.6. The van der Waals surface area contributed by atoms with Gasteiger partial charge in [-0.15, -0.1) is 0 Å². The molecular weight excluding hydrogens is 500 g/mol. The minimum Gasteiger partial charge on any atom is -0.422 e. The third kappa shape index (κ3) is 4.89. The first-order chi connectivity index (χ1) is 18.6. The quantitative estimate of drug-likeness (QED) is 0.118. The van der Waals surface area contributed by atoms with Gasteiger partial charge in [-0.1, -0.05) is 72.3 Å². The van der Waals surface area contributed by atoms with Crippen molar-refractivity contribution in [3.05, 3.63) is 124 Å². The lowest BCUT2D eigenvalue weighted by Crippen LogP contribution is -2.19. The summed E-state index contributed by atoms with van der Waals surface area (Å²) in [6, 6.07) is 30.0. The summed E-state index contributed by atoms with van der Waals surface area (Å²) in [5, 5.41) is 14.8. The number of rotatable bonds is 6. The summed E-state index contributed by atoms with van der Waals surface area (Å²) in [5.41, 5.74) is 5.76. The topological polar surface area (TPSA) is 107 Å². The Kier molecular flexibility index (Phi) is 6.98. The Labute approximate surface area is 223 Å². The Bertz CT molecular complexity index is 1740. The van der Waals surface area contributed by atoms with Crippen LogP contribution in [0.25, 0.3) is 22.0 Å². The summed E-state index contributed by atoms with van der Waals surface area (Å²) >= 11 is 6.47. The minimum absolute atomic E-state index is 0.205. The molecule has 1 aromatic heterocycles. The molecule has 0 aliphatic rings. The molecule has 0 aliphatic heterocycles. The first-order valence-electron chi connectivity index (χ1n) is 11.6. The fourth-order valence-corrected chi connectivity index (χ4v) is 4.28. The molecule has 0 spiro atoms. The first-order valence-corrected chi connectivity index (χ1v) is 11.9. The monoisotopic (exact) mass is 518 g/mol. The number of nitriles is 1. The Morgan fingerprint density at radius 1 is 0.921 bits per heavy atom. The number of carbonyl (C=O) groups excluding carboxylic acids is 2. The average Bonchev–Trinajstić information content (AvgIpc) is 3.34. The Morgan fingerprint density at radius 3 is 2.45 bits per heavy atom. The average molecular weight is 519 g/mol. The summed E-state index contributed by atoms with van der Waals surface area (Å²) in [7, 11) is 0. The number of nitrogens with one attached hydrogen (secondary N) is 2. The van der Waals surface area contributed by atoms with E-state index in [0.717, 1.165) is 0 Å². The van der Waals surface area contributed by atoms with E-state index < -0.39 is 11.9 Å². The number of hydrogen-bond donors (Lipinski definition) is 2. The van der Waals surface area contributed by atoms with Gasteiger partial charge >= 0.3 is 5.97 Å². The lowest BCUT2D eigenvalue weighted by molar-refractivity contribution is 0.0734. The number of nitrogens with zero attached hydrogens (tertiary/aromatic N) is 2. The van der Waals surface area contributed by atoms with Gasteiger partial charge in [0.2, 0.25) is 0 Å². The van der Waals surface area contributed by atoms with Gasteiger partial charge in [0.15, 0.2) is 0 Å². The largest absolute Gasteiger partial charge is 0.422 e. The molecule has 4 aromatic carbocycles. The van der Waals surface area contributed by atoms with E-state index >= 15 is 0 Å². The van der Waals surface area contributed by atoms with E-state index in [-0.39, 0.29) is 5.69 Å². The van der Waals surface area contributed by atoms with Crippen molar-refractivity contribution in [1.29, 1.82) is 5.26 Å². The molecule has 5 aromatic rings. The highest BCUT2D eigenvalue weighted by Crippen LogP contribution is 2.37. The van der Waals surface area contributed by atoms with Crippen molar-refractivity contribution < 1.29 is 14.3 Å². The molecule has 5 rings (SSSR count). The van der Waals surface area contributed by atoms with E-state index in [1.54, 1.807) is 78.9 Å². The van der Waals surface area contributed by atoms with E-state index in [9.17, 15) is 14.9 Å². The molecule has 0 saturated carbocycles. The van der Waals surface area contributed by atoms with Crippen molar-refractivity contribution >= 4 is 40.6 Å². The predicted molar refractivity (Wildman–Crippen MR) is 146 cm³/mol. The fourth-order valence-electron chi connectivity index (χ4n) is 4.05. The number of fused-ring (bicyclic) bond motifs is 1. The molecule has 0 atom stereocenters. The maximum atomic E-state index is 13.3. The molecule has 1 heterocycles. The van der Waals surface area contributed by atoms with Crippen LogP contribution in [0.15, 0.2) is 102 Å². The Hall–Kier alpha value is -5.19. The second kappa shape index (κ2) is 10.8. The van der Waals surface area contributed by atoms with Crippen molar-refractivity contribution in [3.63, 3.8) is 0 Å². The van der Waals surface area contributed by atoms with Gasteiger partial charge in [-0.3, -0.25) is 4.79 Å². The third-order valence-electron chi connectivity index (χ3n) is 5.83. The van der Waals surface area contributed by atoms with Crippen LogP contribution in [0.5, 0.6) is 5.75 Å². The molecule has 38 heavy (non-hydrogen) atoms. The first kappa shape index (κ1) is 24.5. The number of carbonyl (C=O) groups is 2. The van der Waals surface area contributed by atoms with Crippen LogP contribution in [0.4, 0.5) is 0 Å². The number of aromatic amines is 1.